The monoisotopic (exact) mass is 306 g/mol. The van der Waals surface area contributed by atoms with Crippen molar-refractivity contribution < 1.29 is 4.79 Å². The molecular formula is C11H10N6OS2. The zero-order valence-corrected chi connectivity index (χ0v) is 12.1. The van der Waals surface area contributed by atoms with Crippen molar-refractivity contribution in [3.05, 3.63) is 33.9 Å². The molecule has 0 atom stereocenters. The zero-order chi connectivity index (χ0) is 13.9. The van der Waals surface area contributed by atoms with Crippen molar-refractivity contribution in [1.82, 2.24) is 30.9 Å². The van der Waals surface area contributed by atoms with Gasteiger partial charge in [-0.2, -0.15) is 5.21 Å². The number of carbonyl (C=O) groups excluding carboxylic acids is 1. The van der Waals surface area contributed by atoms with E-state index in [1.54, 1.807) is 11.3 Å². The summed E-state index contributed by atoms with van der Waals surface area (Å²) in [4.78, 5) is 18.2. The summed E-state index contributed by atoms with van der Waals surface area (Å²) in [5.41, 5.74) is 0.726. The number of rotatable bonds is 4. The van der Waals surface area contributed by atoms with Crippen molar-refractivity contribution >= 4 is 28.6 Å². The topological polar surface area (TPSA) is 96.5 Å². The van der Waals surface area contributed by atoms with Crippen molar-refractivity contribution in [3.8, 4) is 9.88 Å². The molecule has 0 fully saturated rings. The molecule has 3 aromatic rings. The molecule has 0 unspecified atom stereocenters. The normalized spacial score (nSPS) is 10.7. The first-order chi connectivity index (χ1) is 9.74. The fourth-order valence-electron chi connectivity index (χ4n) is 1.61. The Hall–Kier alpha value is -2.13. The number of hydrogen-bond donors (Lipinski definition) is 2. The van der Waals surface area contributed by atoms with Crippen LogP contribution in [0.25, 0.3) is 9.88 Å². The highest BCUT2D eigenvalue weighted by molar-refractivity contribution is 7.22. The Morgan fingerprint density at radius 1 is 1.50 bits per heavy atom. The maximum atomic E-state index is 12.1. The lowest BCUT2D eigenvalue weighted by atomic mass is 10.3. The van der Waals surface area contributed by atoms with Gasteiger partial charge in [0.2, 0.25) is 0 Å². The van der Waals surface area contributed by atoms with Crippen LogP contribution >= 0.6 is 22.7 Å². The Morgan fingerprint density at radius 2 is 2.40 bits per heavy atom. The number of nitrogens with zero attached hydrogens (tertiary/aromatic N) is 4. The number of thiazole rings is 1. The molecule has 2 N–H and O–H groups in total. The number of nitrogens with one attached hydrogen (secondary N) is 2. The van der Waals surface area contributed by atoms with Gasteiger partial charge in [0.1, 0.15) is 9.88 Å². The second-order valence-electron chi connectivity index (χ2n) is 3.92. The number of aromatic nitrogens is 5. The third-order valence-corrected chi connectivity index (χ3v) is 4.73. The average molecular weight is 306 g/mol. The number of H-pyrrole nitrogens is 1. The van der Waals surface area contributed by atoms with E-state index in [4.69, 9.17) is 0 Å². The Kier molecular flexibility index (Phi) is 3.52. The molecule has 3 rings (SSSR count). The molecule has 3 aromatic heterocycles. The van der Waals surface area contributed by atoms with Crippen LogP contribution in [0.15, 0.2) is 17.5 Å². The number of amides is 1. The molecule has 0 saturated heterocycles. The summed E-state index contributed by atoms with van der Waals surface area (Å²) in [6.07, 6.45) is 0. The minimum Gasteiger partial charge on any atom is -0.344 e. The minimum absolute atomic E-state index is 0.174. The summed E-state index contributed by atoms with van der Waals surface area (Å²) in [7, 11) is 0. The van der Waals surface area contributed by atoms with Gasteiger partial charge < -0.3 is 5.32 Å². The first-order valence-electron chi connectivity index (χ1n) is 5.76. The van der Waals surface area contributed by atoms with Gasteiger partial charge in [0.15, 0.2) is 5.82 Å². The van der Waals surface area contributed by atoms with Gasteiger partial charge in [-0.1, -0.05) is 11.3 Å². The summed E-state index contributed by atoms with van der Waals surface area (Å²) in [6, 6.07) is 3.96. The molecular weight excluding hydrogens is 296 g/mol. The summed E-state index contributed by atoms with van der Waals surface area (Å²) in [5.74, 6) is 0.270. The first kappa shape index (κ1) is 12.9. The van der Waals surface area contributed by atoms with E-state index in [0.29, 0.717) is 10.7 Å². The number of aromatic amines is 1. The number of carbonyl (C=O) groups is 1. The molecule has 0 saturated carbocycles. The molecule has 9 heteroatoms. The van der Waals surface area contributed by atoms with Crippen LogP contribution in [0.1, 0.15) is 21.2 Å². The van der Waals surface area contributed by atoms with Gasteiger partial charge in [-0.25, -0.2) is 4.98 Å². The van der Waals surface area contributed by atoms with Gasteiger partial charge in [-0.05, 0) is 18.4 Å². The molecule has 1 amide bonds. The smallest absolute Gasteiger partial charge is 0.263 e. The summed E-state index contributed by atoms with van der Waals surface area (Å²) in [5, 5.41) is 18.9. The van der Waals surface area contributed by atoms with Crippen molar-refractivity contribution in [2.75, 3.05) is 0 Å². The quantitative estimate of drug-likeness (QED) is 0.763. The van der Waals surface area contributed by atoms with E-state index in [9.17, 15) is 4.79 Å². The van der Waals surface area contributed by atoms with Crippen molar-refractivity contribution in [3.63, 3.8) is 0 Å². The van der Waals surface area contributed by atoms with E-state index < -0.39 is 0 Å². The number of hydrogen-bond acceptors (Lipinski definition) is 7. The van der Waals surface area contributed by atoms with E-state index >= 15 is 0 Å². The van der Waals surface area contributed by atoms with Crippen molar-refractivity contribution in [1.29, 1.82) is 0 Å². The lowest BCUT2D eigenvalue weighted by Gasteiger charge is -1.99. The summed E-state index contributed by atoms with van der Waals surface area (Å²) < 4.78 is 0. The second kappa shape index (κ2) is 5.47. The Balaban J connectivity index is 1.75. The van der Waals surface area contributed by atoms with E-state index in [0.717, 1.165) is 15.6 Å². The largest absolute Gasteiger partial charge is 0.344 e. The summed E-state index contributed by atoms with van der Waals surface area (Å²) in [6.45, 7) is 2.07. The number of thiophene rings is 1. The third-order valence-electron chi connectivity index (χ3n) is 2.53. The second-order valence-corrected chi connectivity index (χ2v) is 5.87. The first-order valence-corrected chi connectivity index (χ1v) is 7.45. The maximum absolute atomic E-state index is 12.1. The fourth-order valence-corrected chi connectivity index (χ4v) is 3.39. The molecule has 0 radical (unpaired) electrons. The molecule has 0 aliphatic heterocycles. The standard InChI is InChI=1S/C11H10N6OS2/c1-6-9(10(18)12-5-8-14-16-17-15-8)20-11(13-6)7-3-2-4-19-7/h2-4H,5H2,1H3,(H,12,18)(H,14,15,16,17). The molecule has 3 heterocycles. The van der Waals surface area contributed by atoms with Crippen LogP contribution in [-0.2, 0) is 6.54 Å². The zero-order valence-electron chi connectivity index (χ0n) is 10.5. The lowest BCUT2D eigenvalue weighted by Crippen LogP contribution is -2.23. The summed E-state index contributed by atoms with van der Waals surface area (Å²) >= 11 is 2.99. The van der Waals surface area contributed by atoms with Gasteiger partial charge in [0.25, 0.3) is 5.91 Å². The molecule has 0 aromatic carbocycles. The highest BCUT2D eigenvalue weighted by Crippen LogP contribution is 2.30. The van der Waals surface area contributed by atoms with E-state index in [1.165, 1.54) is 11.3 Å². The van der Waals surface area contributed by atoms with Gasteiger partial charge in [-0.3, -0.25) is 4.79 Å². The van der Waals surface area contributed by atoms with Crippen LogP contribution in [0, 0.1) is 6.92 Å². The van der Waals surface area contributed by atoms with E-state index in [1.807, 2.05) is 24.4 Å². The molecule has 7 nitrogen and oxygen atoms in total. The Morgan fingerprint density at radius 3 is 3.10 bits per heavy atom. The lowest BCUT2D eigenvalue weighted by molar-refractivity contribution is 0.0953. The average Bonchev–Trinajstić information content (AvgIpc) is 3.17. The SMILES string of the molecule is Cc1nc(-c2cccs2)sc1C(=O)NCc1nn[nH]n1. The van der Waals surface area contributed by atoms with Crippen LogP contribution in [0.5, 0.6) is 0 Å². The molecule has 102 valence electrons. The predicted octanol–water partition coefficient (Wildman–Crippen LogP) is 1.62. The van der Waals surface area contributed by atoms with Crippen molar-refractivity contribution in [2.45, 2.75) is 13.5 Å². The minimum atomic E-state index is -0.174. The van der Waals surface area contributed by atoms with E-state index in [-0.39, 0.29) is 12.5 Å². The van der Waals surface area contributed by atoms with Crippen LogP contribution in [0.4, 0.5) is 0 Å². The van der Waals surface area contributed by atoms with Crippen LogP contribution in [0.3, 0.4) is 0 Å². The number of tetrazole rings is 1. The van der Waals surface area contributed by atoms with Crippen LogP contribution in [-0.4, -0.2) is 31.5 Å². The third kappa shape index (κ3) is 2.58. The predicted molar refractivity (Wildman–Crippen MR) is 75.5 cm³/mol. The van der Waals surface area contributed by atoms with Gasteiger partial charge in [0.05, 0.1) is 17.1 Å². The molecule has 0 aliphatic carbocycles. The van der Waals surface area contributed by atoms with E-state index in [2.05, 4.69) is 30.9 Å². The fraction of sp³-hybridized carbons (Fsp3) is 0.182. The number of aryl methyl sites for hydroxylation is 1. The Bertz CT molecular complexity index is 703. The molecule has 20 heavy (non-hydrogen) atoms. The molecule has 0 aliphatic rings. The van der Waals surface area contributed by atoms with Crippen LogP contribution < -0.4 is 5.32 Å². The highest BCUT2D eigenvalue weighted by atomic mass is 32.1. The molecule has 0 spiro atoms. The van der Waals surface area contributed by atoms with Gasteiger partial charge in [0, 0.05) is 0 Å². The molecule has 0 bridgehead atoms. The van der Waals surface area contributed by atoms with Gasteiger partial charge >= 0.3 is 0 Å². The van der Waals surface area contributed by atoms with Gasteiger partial charge in [-0.15, -0.1) is 32.9 Å². The maximum Gasteiger partial charge on any atom is 0.263 e. The highest BCUT2D eigenvalue weighted by Gasteiger charge is 2.16. The van der Waals surface area contributed by atoms with Crippen LogP contribution in [0.2, 0.25) is 0 Å². The Labute approximate surface area is 122 Å². The van der Waals surface area contributed by atoms with Crippen molar-refractivity contribution in [2.24, 2.45) is 0 Å².